The first-order valence-electron chi connectivity index (χ1n) is 8.32. The SMILES string of the molecule is C=C(CNc1cc(-c2ccc(Cl)cc2)[nH]n1)NC(/C=C/c1cccs1)=NC. The highest BCUT2D eigenvalue weighted by Crippen LogP contribution is 2.21. The summed E-state index contributed by atoms with van der Waals surface area (Å²) in [5.74, 6) is 1.49. The Morgan fingerprint density at radius 1 is 1.33 bits per heavy atom. The highest BCUT2D eigenvalue weighted by atomic mass is 35.5. The van der Waals surface area contributed by atoms with Gasteiger partial charge in [0.1, 0.15) is 11.7 Å². The number of nitrogens with one attached hydrogen (secondary N) is 3. The van der Waals surface area contributed by atoms with E-state index in [1.165, 1.54) is 4.88 Å². The van der Waals surface area contributed by atoms with E-state index in [-0.39, 0.29) is 0 Å². The molecule has 2 heterocycles. The molecule has 3 N–H and O–H groups in total. The number of hydrogen-bond acceptors (Lipinski definition) is 4. The molecule has 0 fully saturated rings. The molecule has 0 aliphatic rings. The summed E-state index contributed by atoms with van der Waals surface area (Å²) in [7, 11) is 1.74. The highest BCUT2D eigenvalue weighted by Gasteiger charge is 2.04. The van der Waals surface area contributed by atoms with Gasteiger partial charge in [0.25, 0.3) is 0 Å². The number of aliphatic imine (C=N–C) groups is 1. The first-order chi connectivity index (χ1) is 13.1. The van der Waals surface area contributed by atoms with Crippen molar-refractivity contribution < 1.29 is 0 Å². The van der Waals surface area contributed by atoms with Crippen molar-refractivity contribution in [2.45, 2.75) is 0 Å². The van der Waals surface area contributed by atoms with Crippen LogP contribution in [0, 0.1) is 0 Å². The van der Waals surface area contributed by atoms with Crippen molar-refractivity contribution in [1.29, 1.82) is 0 Å². The van der Waals surface area contributed by atoms with Crippen LogP contribution < -0.4 is 10.6 Å². The molecule has 5 nitrogen and oxygen atoms in total. The second-order valence-corrected chi connectivity index (χ2v) is 7.13. The third-order valence-corrected chi connectivity index (χ3v) is 4.80. The molecular weight excluding hydrogens is 378 g/mol. The quantitative estimate of drug-likeness (QED) is 0.386. The Hall–Kier alpha value is -2.83. The Labute approximate surface area is 167 Å². The smallest absolute Gasteiger partial charge is 0.148 e. The van der Waals surface area contributed by atoms with Gasteiger partial charge in [0.2, 0.25) is 0 Å². The first kappa shape index (κ1) is 18.9. The number of anilines is 1. The zero-order valence-electron chi connectivity index (χ0n) is 14.9. The lowest BCUT2D eigenvalue weighted by molar-refractivity contribution is 1.03. The Morgan fingerprint density at radius 2 is 2.15 bits per heavy atom. The number of nitrogens with zero attached hydrogens (tertiary/aromatic N) is 2. The van der Waals surface area contributed by atoms with Crippen molar-refractivity contribution in [2.24, 2.45) is 4.99 Å². The molecule has 27 heavy (non-hydrogen) atoms. The third kappa shape index (κ3) is 5.57. The summed E-state index contributed by atoms with van der Waals surface area (Å²) in [5, 5.41) is 16.5. The molecule has 0 aliphatic carbocycles. The molecule has 3 aromatic rings. The maximum absolute atomic E-state index is 5.92. The fraction of sp³-hybridized carbons (Fsp3) is 0.100. The predicted molar refractivity (Wildman–Crippen MR) is 117 cm³/mol. The Morgan fingerprint density at radius 3 is 2.85 bits per heavy atom. The van der Waals surface area contributed by atoms with Crippen molar-refractivity contribution >= 4 is 40.7 Å². The average molecular weight is 398 g/mol. The zero-order chi connectivity index (χ0) is 19.1. The number of rotatable bonds is 7. The van der Waals surface area contributed by atoms with Crippen LogP contribution >= 0.6 is 22.9 Å². The van der Waals surface area contributed by atoms with Gasteiger partial charge in [-0.2, -0.15) is 5.10 Å². The molecule has 0 spiro atoms. The second kappa shape index (κ2) is 9.21. The van der Waals surface area contributed by atoms with Crippen LogP contribution in [0.15, 0.2) is 71.2 Å². The van der Waals surface area contributed by atoms with Crippen molar-refractivity contribution in [3.8, 4) is 11.3 Å². The van der Waals surface area contributed by atoms with Gasteiger partial charge >= 0.3 is 0 Å². The Balaban J connectivity index is 1.52. The summed E-state index contributed by atoms with van der Waals surface area (Å²) in [6, 6.07) is 13.6. The summed E-state index contributed by atoms with van der Waals surface area (Å²) in [5.41, 5.74) is 2.74. The normalized spacial score (nSPS) is 11.7. The van der Waals surface area contributed by atoms with Gasteiger partial charge in [-0.25, -0.2) is 0 Å². The van der Waals surface area contributed by atoms with Crippen LogP contribution in [0.25, 0.3) is 17.3 Å². The van der Waals surface area contributed by atoms with Gasteiger partial charge in [0.15, 0.2) is 0 Å². The fourth-order valence-corrected chi connectivity index (χ4v) is 3.08. The fourth-order valence-electron chi connectivity index (χ4n) is 2.33. The maximum Gasteiger partial charge on any atom is 0.148 e. The van der Waals surface area contributed by atoms with Crippen molar-refractivity contribution in [3.63, 3.8) is 0 Å². The lowest BCUT2D eigenvalue weighted by atomic mass is 10.1. The number of aromatic nitrogens is 2. The maximum atomic E-state index is 5.92. The molecule has 0 saturated heterocycles. The van der Waals surface area contributed by atoms with E-state index in [0.717, 1.165) is 28.6 Å². The van der Waals surface area contributed by atoms with Crippen LogP contribution in [0.2, 0.25) is 5.02 Å². The highest BCUT2D eigenvalue weighted by molar-refractivity contribution is 7.10. The van der Waals surface area contributed by atoms with E-state index in [1.807, 2.05) is 53.9 Å². The molecule has 1 aromatic carbocycles. The van der Waals surface area contributed by atoms with Gasteiger partial charge < -0.3 is 10.6 Å². The van der Waals surface area contributed by atoms with Crippen molar-refractivity contribution in [2.75, 3.05) is 18.9 Å². The van der Waals surface area contributed by atoms with Crippen LogP contribution in [0.5, 0.6) is 0 Å². The van der Waals surface area contributed by atoms with Crippen LogP contribution in [0.4, 0.5) is 5.82 Å². The van der Waals surface area contributed by atoms with Crippen LogP contribution in [-0.2, 0) is 0 Å². The number of thiophene rings is 1. The topological polar surface area (TPSA) is 65.1 Å². The van der Waals surface area contributed by atoms with Gasteiger partial charge in [-0.15, -0.1) is 11.3 Å². The van der Waals surface area contributed by atoms with Gasteiger partial charge in [-0.1, -0.05) is 36.4 Å². The predicted octanol–water partition coefficient (Wildman–Crippen LogP) is 5.05. The lowest BCUT2D eigenvalue weighted by Gasteiger charge is -2.09. The molecule has 0 unspecified atom stereocenters. The number of halogens is 1. The molecule has 0 amide bonds. The van der Waals surface area contributed by atoms with E-state index >= 15 is 0 Å². The average Bonchev–Trinajstić information content (AvgIpc) is 3.36. The van der Waals surface area contributed by atoms with Gasteiger partial charge in [0, 0.05) is 28.7 Å². The number of benzene rings is 1. The molecule has 138 valence electrons. The minimum Gasteiger partial charge on any atom is -0.363 e. The molecule has 0 bridgehead atoms. The van der Waals surface area contributed by atoms with E-state index in [1.54, 1.807) is 18.4 Å². The number of amidine groups is 1. The zero-order valence-corrected chi connectivity index (χ0v) is 16.4. The molecule has 0 aliphatic heterocycles. The minimum absolute atomic E-state index is 0.525. The molecular formula is C20H20ClN5S. The monoisotopic (exact) mass is 397 g/mol. The molecule has 0 radical (unpaired) electrons. The molecule has 2 aromatic heterocycles. The van der Waals surface area contributed by atoms with Crippen LogP contribution in [-0.4, -0.2) is 29.6 Å². The largest absolute Gasteiger partial charge is 0.363 e. The van der Waals surface area contributed by atoms with E-state index in [4.69, 9.17) is 11.6 Å². The van der Waals surface area contributed by atoms with Gasteiger partial charge in [-0.05, 0) is 41.3 Å². The van der Waals surface area contributed by atoms with Crippen LogP contribution in [0.3, 0.4) is 0 Å². The first-order valence-corrected chi connectivity index (χ1v) is 9.58. The van der Waals surface area contributed by atoms with E-state index in [9.17, 15) is 0 Å². The third-order valence-electron chi connectivity index (χ3n) is 3.71. The lowest BCUT2D eigenvalue weighted by Crippen LogP contribution is -2.24. The Kier molecular flexibility index (Phi) is 6.46. The number of aromatic amines is 1. The number of H-pyrrole nitrogens is 1. The van der Waals surface area contributed by atoms with E-state index in [2.05, 4.69) is 38.5 Å². The second-order valence-electron chi connectivity index (χ2n) is 5.71. The summed E-state index contributed by atoms with van der Waals surface area (Å²) >= 11 is 7.60. The minimum atomic E-state index is 0.525. The van der Waals surface area contributed by atoms with Gasteiger partial charge in [0.05, 0.1) is 12.2 Å². The van der Waals surface area contributed by atoms with Crippen molar-refractivity contribution in [3.05, 3.63) is 76.1 Å². The van der Waals surface area contributed by atoms with E-state index in [0.29, 0.717) is 11.6 Å². The van der Waals surface area contributed by atoms with Crippen molar-refractivity contribution in [1.82, 2.24) is 15.5 Å². The summed E-state index contributed by atoms with van der Waals surface area (Å²) in [6.07, 6.45) is 3.96. The summed E-state index contributed by atoms with van der Waals surface area (Å²) in [6.45, 7) is 4.56. The standard InChI is InChI=1S/C20H20ClN5S/c1-14(24-19(22-2)10-9-17-4-3-11-27-17)13-23-20-12-18(25-26-20)15-5-7-16(21)8-6-15/h3-12H,1,13H2,2H3,(H,22,24)(H2,23,25,26)/b10-9+. The van der Waals surface area contributed by atoms with Gasteiger partial charge in [-0.3, -0.25) is 10.1 Å². The summed E-state index contributed by atoms with van der Waals surface area (Å²) < 4.78 is 0. The van der Waals surface area contributed by atoms with E-state index < -0.39 is 0 Å². The molecule has 7 heteroatoms. The summed E-state index contributed by atoms with van der Waals surface area (Å²) in [4.78, 5) is 5.41. The molecule has 0 atom stereocenters. The van der Waals surface area contributed by atoms with Crippen LogP contribution in [0.1, 0.15) is 4.88 Å². The Bertz CT molecular complexity index is 939. The number of hydrogen-bond donors (Lipinski definition) is 3. The molecule has 0 saturated carbocycles. The molecule has 3 rings (SSSR count).